The van der Waals surface area contributed by atoms with Crippen LogP contribution in [0.1, 0.15) is 24.5 Å². The lowest BCUT2D eigenvalue weighted by molar-refractivity contribution is 0.317. The van der Waals surface area contributed by atoms with Crippen molar-refractivity contribution in [1.82, 2.24) is 9.71 Å². The molecule has 0 fully saturated rings. The molecule has 1 aromatic heterocycles. The van der Waals surface area contributed by atoms with Crippen molar-refractivity contribution in [2.75, 3.05) is 25.1 Å². The zero-order chi connectivity index (χ0) is 17.9. The van der Waals surface area contributed by atoms with Crippen molar-refractivity contribution in [3.8, 4) is 5.75 Å². The van der Waals surface area contributed by atoms with E-state index in [-0.39, 0.29) is 4.90 Å². The zero-order valence-corrected chi connectivity index (χ0v) is 15.3. The first-order chi connectivity index (χ1) is 12.0. The Balaban J connectivity index is 1.74. The zero-order valence-electron chi connectivity index (χ0n) is 14.5. The van der Waals surface area contributed by atoms with E-state index in [0.29, 0.717) is 0 Å². The van der Waals surface area contributed by atoms with Crippen LogP contribution in [-0.2, 0) is 23.0 Å². The molecular weight excluding hydrogens is 338 g/mol. The summed E-state index contributed by atoms with van der Waals surface area (Å²) in [6.45, 7) is 4.43. The molecule has 0 amide bonds. The second-order valence-corrected chi connectivity index (χ2v) is 7.90. The third-order valence-corrected chi connectivity index (χ3v) is 5.69. The summed E-state index contributed by atoms with van der Waals surface area (Å²) in [4.78, 5) is 6.66. The van der Waals surface area contributed by atoms with Gasteiger partial charge in [0.15, 0.2) is 0 Å². The largest absolute Gasteiger partial charge is 0.494 e. The van der Waals surface area contributed by atoms with Crippen LogP contribution in [-0.4, -0.2) is 33.6 Å². The van der Waals surface area contributed by atoms with Gasteiger partial charge in [-0.15, -0.1) is 0 Å². The number of hydrogen-bond donors (Lipinski definition) is 1. The van der Waals surface area contributed by atoms with Crippen molar-refractivity contribution in [3.63, 3.8) is 0 Å². The molecule has 134 valence electrons. The van der Waals surface area contributed by atoms with Crippen LogP contribution < -0.4 is 14.4 Å². The lowest BCUT2D eigenvalue weighted by Gasteiger charge is -2.30. The van der Waals surface area contributed by atoms with Crippen molar-refractivity contribution in [2.45, 2.75) is 31.2 Å². The predicted molar refractivity (Wildman–Crippen MR) is 97.5 cm³/mol. The molecule has 0 atom stereocenters. The topological polar surface area (TPSA) is 71.5 Å². The average Bonchev–Trinajstić information content (AvgIpc) is 2.66. The van der Waals surface area contributed by atoms with Crippen molar-refractivity contribution in [1.29, 1.82) is 0 Å². The highest BCUT2D eigenvalue weighted by Gasteiger charge is 2.19. The van der Waals surface area contributed by atoms with Crippen LogP contribution in [0.5, 0.6) is 5.75 Å². The fraction of sp³-hybridized carbons (Fsp3) is 0.389. The van der Waals surface area contributed by atoms with Crippen LogP contribution in [0.15, 0.2) is 41.4 Å². The van der Waals surface area contributed by atoms with Gasteiger partial charge in [-0.25, -0.2) is 18.1 Å². The maximum atomic E-state index is 11.8. The van der Waals surface area contributed by atoms with E-state index in [1.807, 2.05) is 6.07 Å². The van der Waals surface area contributed by atoms with Gasteiger partial charge in [0.2, 0.25) is 10.0 Å². The van der Waals surface area contributed by atoms with Gasteiger partial charge in [-0.2, -0.15) is 0 Å². The Kier molecular flexibility index (Phi) is 5.24. The number of hydrogen-bond acceptors (Lipinski definition) is 5. The van der Waals surface area contributed by atoms with Gasteiger partial charge in [0, 0.05) is 19.3 Å². The van der Waals surface area contributed by atoms with Crippen molar-refractivity contribution in [2.24, 2.45) is 0 Å². The lowest BCUT2D eigenvalue weighted by atomic mass is 9.99. The van der Waals surface area contributed by atoms with Gasteiger partial charge in [0.25, 0.3) is 0 Å². The minimum absolute atomic E-state index is 0.175. The summed E-state index contributed by atoms with van der Waals surface area (Å²) in [6.07, 6.45) is 3.31. The van der Waals surface area contributed by atoms with Crippen LogP contribution in [0, 0.1) is 0 Å². The fourth-order valence-corrected chi connectivity index (χ4v) is 3.55. The minimum atomic E-state index is -3.45. The molecule has 1 aliphatic heterocycles. The molecule has 6 nitrogen and oxygen atoms in total. The van der Waals surface area contributed by atoms with Gasteiger partial charge >= 0.3 is 0 Å². The summed E-state index contributed by atoms with van der Waals surface area (Å²) in [5.41, 5.74) is 2.56. The highest BCUT2D eigenvalue weighted by atomic mass is 32.2. The number of rotatable bonds is 6. The predicted octanol–water partition coefficient (Wildman–Crippen LogP) is 2.34. The van der Waals surface area contributed by atoms with E-state index in [9.17, 15) is 8.42 Å². The van der Waals surface area contributed by atoms with Crippen LogP contribution in [0.25, 0.3) is 0 Å². The molecule has 1 N–H and O–H groups in total. The monoisotopic (exact) mass is 361 g/mol. The molecule has 3 rings (SSSR count). The summed E-state index contributed by atoms with van der Waals surface area (Å²) in [5.74, 6) is 1.71. The molecular formula is C18H23N3O3S. The Morgan fingerprint density at radius 3 is 2.76 bits per heavy atom. The van der Waals surface area contributed by atoms with Gasteiger partial charge in [-0.1, -0.05) is 13.0 Å². The fourth-order valence-electron chi connectivity index (χ4n) is 2.87. The second-order valence-electron chi connectivity index (χ2n) is 6.01. The van der Waals surface area contributed by atoms with E-state index in [4.69, 9.17) is 4.74 Å². The molecule has 0 unspecified atom stereocenters. The molecule has 0 spiro atoms. The number of sulfonamides is 1. The molecule has 0 saturated heterocycles. The van der Waals surface area contributed by atoms with Crippen LogP contribution >= 0.6 is 0 Å². The maximum Gasteiger partial charge on any atom is 0.241 e. The molecule has 1 aliphatic rings. The number of aromatic nitrogens is 1. The SMILES string of the molecule is CCCOc1ccc2c(c1)CCN(c1ccc(S(=O)(=O)NC)cn1)C2. The van der Waals surface area contributed by atoms with Crippen molar-refractivity contribution < 1.29 is 13.2 Å². The third kappa shape index (κ3) is 3.93. The number of anilines is 1. The van der Waals surface area contributed by atoms with Gasteiger partial charge < -0.3 is 9.64 Å². The molecule has 0 radical (unpaired) electrons. The van der Waals surface area contributed by atoms with Gasteiger partial charge in [0.1, 0.15) is 16.5 Å². The van der Waals surface area contributed by atoms with Gasteiger partial charge in [-0.05, 0) is 55.3 Å². The Morgan fingerprint density at radius 1 is 1.24 bits per heavy atom. The first-order valence-electron chi connectivity index (χ1n) is 8.42. The smallest absolute Gasteiger partial charge is 0.241 e. The summed E-state index contributed by atoms with van der Waals surface area (Å²) in [5, 5.41) is 0. The Hall–Kier alpha value is -2.12. The van der Waals surface area contributed by atoms with Crippen LogP contribution in [0.4, 0.5) is 5.82 Å². The summed E-state index contributed by atoms with van der Waals surface area (Å²) in [7, 11) is -2.06. The highest BCUT2D eigenvalue weighted by Crippen LogP contribution is 2.26. The molecule has 2 heterocycles. The Labute approximate surface area is 148 Å². The van der Waals surface area contributed by atoms with E-state index >= 15 is 0 Å². The quantitative estimate of drug-likeness (QED) is 0.855. The van der Waals surface area contributed by atoms with Crippen molar-refractivity contribution >= 4 is 15.8 Å². The maximum absolute atomic E-state index is 11.8. The van der Waals surface area contributed by atoms with E-state index in [0.717, 1.165) is 44.1 Å². The summed E-state index contributed by atoms with van der Waals surface area (Å²) in [6, 6.07) is 9.58. The second kappa shape index (κ2) is 7.41. The first-order valence-corrected chi connectivity index (χ1v) is 9.91. The molecule has 7 heteroatoms. The number of nitrogens with one attached hydrogen (secondary N) is 1. The molecule has 0 bridgehead atoms. The van der Waals surface area contributed by atoms with E-state index in [2.05, 4.69) is 33.7 Å². The summed E-state index contributed by atoms with van der Waals surface area (Å²) >= 11 is 0. The normalized spacial score (nSPS) is 14.2. The first kappa shape index (κ1) is 17.7. The number of benzene rings is 1. The van der Waals surface area contributed by atoms with E-state index in [1.54, 1.807) is 12.1 Å². The average molecular weight is 361 g/mol. The van der Waals surface area contributed by atoms with Gasteiger partial charge in [-0.3, -0.25) is 0 Å². The lowest BCUT2D eigenvalue weighted by Crippen LogP contribution is -2.31. The molecule has 25 heavy (non-hydrogen) atoms. The van der Waals surface area contributed by atoms with Crippen LogP contribution in [0.3, 0.4) is 0 Å². The molecule has 0 saturated carbocycles. The molecule has 2 aromatic rings. The number of nitrogens with zero attached hydrogens (tertiary/aromatic N) is 2. The minimum Gasteiger partial charge on any atom is -0.494 e. The molecule has 1 aromatic carbocycles. The Bertz CT molecular complexity index is 835. The molecule has 0 aliphatic carbocycles. The number of pyridine rings is 1. The number of ether oxygens (including phenoxy) is 1. The van der Waals surface area contributed by atoms with Crippen LogP contribution in [0.2, 0.25) is 0 Å². The van der Waals surface area contributed by atoms with E-state index in [1.165, 1.54) is 24.4 Å². The number of fused-ring (bicyclic) bond motifs is 1. The summed E-state index contributed by atoms with van der Waals surface area (Å²) < 4.78 is 31.6. The third-order valence-electron chi connectivity index (χ3n) is 4.29. The van der Waals surface area contributed by atoms with Gasteiger partial charge in [0.05, 0.1) is 6.61 Å². The Morgan fingerprint density at radius 2 is 2.08 bits per heavy atom. The van der Waals surface area contributed by atoms with E-state index < -0.39 is 10.0 Å². The highest BCUT2D eigenvalue weighted by molar-refractivity contribution is 7.89. The van der Waals surface area contributed by atoms with Crippen molar-refractivity contribution in [3.05, 3.63) is 47.7 Å². The standard InChI is InChI=1S/C18H23N3O3S/c1-3-10-24-16-5-4-15-13-21(9-8-14(15)11-16)18-7-6-17(12-20-18)25(22,23)19-2/h4-7,11-12,19H,3,8-10,13H2,1-2H3.